The summed E-state index contributed by atoms with van der Waals surface area (Å²) in [6.07, 6.45) is 4.24. The van der Waals surface area contributed by atoms with Crippen molar-refractivity contribution >= 4 is 46.6 Å². The molecule has 4 rings (SSSR count). The first-order valence-corrected chi connectivity index (χ1v) is 13.7. The van der Waals surface area contributed by atoms with Crippen molar-refractivity contribution in [3.63, 3.8) is 0 Å². The molecule has 39 heavy (non-hydrogen) atoms. The number of benzene rings is 3. The summed E-state index contributed by atoms with van der Waals surface area (Å²) in [4.78, 5) is 30.7. The van der Waals surface area contributed by atoms with Crippen LogP contribution in [0.3, 0.4) is 0 Å². The third kappa shape index (κ3) is 7.47. The molecule has 0 aliphatic carbocycles. The standard InChI is InChI=1S/C31H36ClN5O2/c1-3-36(4-2)26-19-20-37(21-26)30(31(39)34-25-16-14-24(32)15-17-25)23-12-9-22(10-13-23)11-18-29(38)35-28-8-6-5-7-27(28)33/h5-18,26,30H,3-4,19-21,33H2,1-2H3,(H,34,39)(H,35,38)/b18-11+. The first-order chi connectivity index (χ1) is 18.9. The van der Waals surface area contributed by atoms with Crippen molar-refractivity contribution < 1.29 is 9.59 Å². The van der Waals surface area contributed by atoms with Crippen LogP contribution in [0.15, 0.2) is 78.9 Å². The Labute approximate surface area is 235 Å². The summed E-state index contributed by atoms with van der Waals surface area (Å²) >= 11 is 6.03. The lowest BCUT2D eigenvalue weighted by atomic mass is 10.0. The Morgan fingerprint density at radius 2 is 1.72 bits per heavy atom. The second kappa shape index (κ2) is 13.4. The monoisotopic (exact) mass is 545 g/mol. The van der Waals surface area contributed by atoms with Gasteiger partial charge in [0, 0.05) is 35.9 Å². The Morgan fingerprint density at radius 1 is 1.03 bits per heavy atom. The van der Waals surface area contributed by atoms with E-state index in [0.29, 0.717) is 28.1 Å². The molecule has 3 aromatic rings. The van der Waals surface area contributed by atoms with E-state index in [2.05, 4.69) is 34.3 Å². The summed E-state index contributed by atoms with van der Waals surface area (Å²) in [5.74, 6) is -0.350. The number of hydrogen-bond acceptors (Lipinski definition) is 5. The summed E-state index contributed by atoms with van der Waals surface area (Å²) in [6.45, 7) is 8.00. The zero-order valence-corrected chi connectivity index (χ0v) is 23.2. The van der Waals surface area contributed by atoms with Gasteiger partial charge in [0.05, 0.1) is 11.4 Å². The minimum atomic E-state index is -0.441. The minimum Gasteiger partial charge on any atom is -0.397 e. The number of nitrogens with two attached hydrogens (primary N) is 1. The van der Waals surface area contributed by atoms with Crippen molar-refractivity contribution in [1.29, 1.82) is 0 Å². The first-order valence-electron chi connectivity index (χ1n) is 13.4. The van der Waals surface area contributed by atoms with Crippen LogP contribution in [-0.2, 0) is 9.59 Å². The molecule has 1 aliphatic rings. The number of para-hydroxylation sites is 2. The van der Waals surface area contributed by atoms with E-state index < -0.39 is 6.04 Å². The van der Waals surface area contributed by atoms with E-state index in [1.807, 2.05) is 48.5 Å². The number of carbonyl (C=O) groups excluding carboxylic acids is 2. The van der Waals surface area contributed by atoms with Crippen molar-refractivity contribution in [1.82, 2.24) is 9.80 Å². The maximum absolute atomic E-state index is 13.6. The molecule has 1 saturated heterocycles. The lowest BCUT2D eigenvalue weighted by Crippen LogP contribution is -2.40. The highest BCUT2D eigenvalue weighted by Gasteiger charge is 2.35. The van der Waals surface area contributed by atoms with Gasteiger partial charge in [-0.1, -0.05) is 61.8 Å². The lowest BCUT2D eigenvalue weighted by molar-refractivity contribution is -0.121. The quantitative estimate of drug-likeness (QED) is 0.225. The zero-order chi connectivity index (χ0) is 27.8. The molecule has 204 valence electrons. The summed E-state index contributed by atoms with van der Waals surface area (Å²) in [7, 11) is 0. The SMILES string of the molecule is CCN(CC)C1CCN(C(C(=O)Nc2ccc(Cl)cc2)c2ccc(/C=C/C(=O)Nc3ccccc3N)cc2)C1. The van der Waals surface area contributed by atoms with Gasteiger partial charge in [0.15, 0.2) is 0 Å². The maximum atomic E-state index is 13.6. The van der Waals surface area contributed by atoms with Crippen LogP contribution in [0.4, 0.5) is 17.1 Å². The molecule has 1 aliphatic heterocycles. The van der Waals surface area contributed by atoms with E-state index in [4.69, 9.17) is 17.3 Å². The molecule has 8 heteroatoms. The van der Waals surface area contributed by atoms with E-state index in [-0.39, 0.29) is 11.8 Å². The third-order valence-electron chi connectivity index (χ3n) is 7.15. The number of rotatable bonds is 10. The molecule has 0 bridgehead atoms. The number of halogens is 1. The van der Waals surface area contributed by atoms with Gasteiger partial charge in [-0.25, -0.2) is 0 Å². The second-order valence-corrected chi connectivity index (χ2v) is 10.1. The molecule has 7 nitrogen and oxygen atoms in total. The Morgan fingerprint density at radius 3 is 2.38 bits per heavy atom. The minimum absolute atomic E-state index is 0.0827. The van der Waals surface area contributed by atoms with Crippen LogP contribution in [0.25, 0.3) is 6.08 Å². The van der Waals surface area contributed by atoms with Crippen molar-refractivity contribution in [3.05, 3.63) is 95.0 Å². The predicted octanol–water partition coefficient (Wildman–Crippen LogP) is 5.67. The summed E-state index contributed by atoms with van der Waals surface area (Å²) < 4.78 is 0. The molecule has 4 N–H and O–H groups in total. The molecule has 0 radical (unpaired) electrons. The average Bonchev–Trinajstić information content (AvgIpc) is 3.41. The zero-order valence-electron chi connectivity index (χ0n) is 22.4. The Bertz CT molecular complexity index is 1290. The number of amides is 2. The van der Waals surface area contributed by atoms with Gasteiger partial charge in [0.2, 0.25) is 11.8 Å². The van der Waals surface area contributed by atoms with E-state index in [9.17, 15) is 9.59 Å². The number of likely N-dealkylation sites (tertiary alicyclic amines) is 1. The third-order valence-corrected chi connectivity index (χ3v) is 7.40. The molecule has 1 heterocycles. The van der Waals surface area contributed by atoms with Gasteiger partial charge in [-0.05, 0) is 73.1 Å². The number of carbonyl (C=O) groups is 2. The molecule has 2 unspecified atom stereocenters. The number of nitrogens with one attached hydrogen (secondary N) is 2. The Hall–Kier alpha value is -3.65. The topological polar surface area (TPSA) is 90.7 Å². The van der Waals surface area contributed by atoms with Crippen LogP contribution in [0, 0.1) is 0 Å². The maximum Gasteiger partial charge on any atom is 0.248 e. The van der Waals surface area contributed by atoms with Crippen molar-refractivity contribution in [2.75, 3.05) is 42.5 Å². The van der Waals surface area contributed by atoms with Gasteiger partial charge in [-0.2, -0.15) is 0 Å². The number of likely N-dealkylation sites (N-methyl/N-ethyl adjacent to an activating group) is 1. The van der Waals surface area contributed by atoms with E-state index in [0.717, 1.165) is 43.7 Å². The van der Waals surface area contributed by atoms with Crippen LogP contribution in [-0.4, -0.2) is 53.8 Å². The molecule has 0 aromatic heterocycles. The number of hydrogen-bond donors (Lipinski definition) is 3. The van der Waals surface area contributed by atoms with Crippen LogP contribution in [0.2, 0.25) is 5.02 Å². The molecule has 2 amide bonds. The highest BCUT2D eigenvalue weighted by molar-refractivity contribution is 6.30. The van der Waals surface area contributed by atoms with Gasteiger partial charge in [0.25, 0.3) is 0 Å². The van der Waals surface area contributed by atoms with Gasteiger partial charge in [-0.15, -0.1) is 0 Å². The van der Waals surface area contributed by atoms with Gasteiger partial charge in [-0.3, -0.25) is 19.4 Å². The van der Waals surface area contributed by atoms with Gasteiger partial charge >= 0.3 is 0 Å². The average molecular weight is 546 g/mol. The van der Waals surface area contributed by atoms with E-state index >= 15 is 0 Å². The predicted molar refractivity (Wildman–Crippen MR) is 161 cm³/mol. The Balaban J connectivity index is 1.50. The second-order valence-electron chi connectivity index (χ2n) is 9.63. The number of anilines is 3. The van der Waals surface area contributed by atoms with Crippen molar-refractivity contribution in [2.24, 2.45) is 0 Å². The highest BCUT2D eigenvalue weighted by atomic mass is 35.5. The van der Waals surface area contributed by atoms with Gasteiger partial charge < -0.3 is 16.4 Å². The molecule has 0 spiro atoms. The number of nitrogen functional groups attached to an aromatic ring is 1. The molecule has 2 atom stereocenters. The fraction of sp³-hybridized carbons (Fsp3) is 0.290. The van der Waals surface area contributed by atoms with Crippen LogP contribution >= 0.6 is 11.6 Å². The normalized spacial score (nSPS) is 16.5. The number of nitrogens with zero attached hydrogens (tertiary/aromatic N) is 2. The summed E-state index contributed by atoms with van der Waals surface area (Å²) in [5.41, 5.74) is 9.46. The van der Waals surface area contributed by atoms with E-state index in [1.54, 1.807) is 30.3 Å². The lowest BCUT2D eigenvalue weighted by Gasteiger charge is -2.30. The van der Waals surface area contributed by atoms with Crippen molar-refractivity contribution in [2.45, 2.75) is 32.4 Å². The van der Waals surface area contributed by atoms with Gasteiger partial charge in [0.1, 0.15) is 6.04 Å². The molecule has 1 fully saturated rings. The Kier molecular flexibility index (Phi) is 9.76. The van der Waals surface area contributed by atoms with Crippen molar-refractivity contribution in [3.8, 4) is 0 Å². The van der Waals surface area contributed by atoms with Crippen LogP contribution < -0.4 is 16.4 Å². The summed E-state index contributed by atoms with van der Waals surface area (Å²) in [5, 5.41) is 6.48. The fourth-order valence-corrected chi connectivity index (χ4v) is 5.19. The van der Waals surface area contributed by atoms with Crippen LogP contribution in [0.1, 0.15) is 37.4 Å². The highest BCUT2D eigenvalue weighted by Crippen LogP contribution is 2.29. The summed E-state index contributed by atoms with van der Waals surface area (Å²) in [6, 6.07) is 22.0. The fourth-order valence-electron chi connectivity index (χ4n) is 5.06. The molecule has 0 saturated carbocycles. The molecule has 3 aromatic carbocycles. The largest absolute Gasteiger partial charge is 0.397 e. The van der Waals surface area contributed by atoms with Crippen LogP contribution in [0.5, 0.6) is 0 Å². The molecular weight excluding hydrogens is 510 g/mol. The van der Waals surface area contributed by atoms with E-state index in [1.165, 1.54) is 6.08 Å². The molecular formula is C31H36ClN5O2. The first kappa shape index (κ1) is 28.4. The smallest absolute Gasteiger partial charge is 0.248 e.